The number of nitrogens with two attached hydrogens (primary N) is 1. The third-order valence-corrected chi connectivity index (χ3v) is 4.24. The number of ether oxygens (including phenoxy) is 1. The number of methoxy groups -OCH3 is 1. The van der Waals surface area contributed by atoms with Crippen LogP contribution >= 0.6 is 0 Å². The zero-order valence-corrected chi connectivity index (χ0v) is 12.6. The maximum Gasteiger partial charge on any atom is 0.230 e. The summed E-state index contributed by atoms with van der Waals surface area (Å²) in [7, 11) is 0.363. The first-order chi connectivity index (χ1) is 10.1. The van der Waals surface area contributed by atoms with Gasteiger partial charge in [-0.15, -0.1) is 0 Å². The quantitative estimate of drug-likeness (QED) is 0.888. The molecular formula is C16H17NO3S. The van der Waals surface area contributed by atoms with Gasteiger partial charge in [-0.3, -0.25) is 9.00 Å². The van der Waals surface area contributed by atoms with E-state index in [9.17, 15) is 9.00 Å². The Hall–Kier alpha value is -2.14. The zero-order chi connectivity index (χ0) is 15.2. The van der Waals surface area contributed by atoms with Crippen LogP contribution in [0.5, 0.6) is 5.75 Å². The van der Waals surface area contributed by atoms with Crippen LogP contribution in [0.15, 0.2) is 48.5 Å². The number of hydrogen-bond donors (Lipinski definition) is 1. The third-order valence-electron chi connectivity index (χ3n) is 2.98. The first-order valence-electron chi connectivity index (χ1n) is 6.45. The molecule has 21 heavy (non-hydrogen) atoms. The summed E-state index contributed by atoms with van der Waals surface area (Å²) in [5, 5.41) is 0. The highest BCUT2D eigenvalue weighted by atomic mass is 32.2. The normalized spacial score (nSPS) is 11.9. The largest absolute Gasteiger partial charge is 0.497 e. The van der Waals surface area contributed by atoms with Gasteiger partial charge in [0.15, 0.2) is 0 Å². The van der Waals surface area contributed by atoms with E-state index in [1.807, 2.05) is 48.5 Å². The summed E-state index contributed by atoms with van der Waals surface area (Å²) in [5.74, 6) is 0.483. The van der Waals surface area contributed by atoms with E-state index in [4.69, 9.17) is 10.5 Å². The topological polar surface area (TPSA) is 69.4 Å². The lowest BCUT2D eigenvalue weighted by atomic mass is 10.0. The third kappa shape index (κ3) is 4.43. The standard InChI is InChI=1S/C16H17NO3S/c1-20-15-7-5-13(6-8-15)14-4-2-3-12(9-14)10-21(19)11-16(17)18/h2-9H,10-11H2,1H3,(H2,17,18). The second kappa shape index (κ2) is 7.04. The predicted octanol–water partition coefficient (Wildman–Crippen LogP) is 2.10. The van der Waals surface area contributed by atoms with E-state index < -0.39 is 16.7 Å². The molecular weight excluding hydrogens is 286 g/mol. The van der Waals surface area contributed by atoms with Gasteiger partial charge in [0.2, 0.25) is 5.91 Å². The second-order valence-corrected chi connectivity index (χ2v) is 6.08. The van der Waals surface area contributed by atoms with E-state index in [1.54, 1.807) is 7.11 Å². The van der Waals surface area contributed by atoms with E-state index in [1.165, 1.54) is 0 Å². The highest BCUT2D eigenvalue weighted by Crippen LogP contribution is 2.23. The zero-order valence-electron chi connectivity index (χ0n) is 11.7. The van der Waals surface area contributed by atoms with Gasteiger partial charge in [-0.05, 0) is 28.8 Å². The van der Waals surface area contributed by atoms with E-state index in [2.05, 4.69) is 0 Å². The summed E-state index contributed by atoms with van der Waals surface area (Å²) in [6.07, 6.45) is 0. The second-order valence-electron chi connectivity index (χ2n) is 4.62. The van der Waals surface area contributed by atoms with Crippen LogP contribution in [0.1, 0.15) is 5.56 Å². The van der Waals surface area contributed by atoms with Gasteiger partial charge < -0.3 is 10.5 Å². The molecule has 2 aromatic carbocycles. The molecule has 1 atom stereocenters. The fraction of sp³-hybridized carbons (Fsp3) is 0.188. The Morgan fingerprint density at radius 3 is 2.48 bits per heavy atom. The molecule has 4 nitrogen and oxygen atoms in total. The Balaban J connectivity index is 2.16. The fourth-order valence-electron chi connectivity index (χ4n) is 2.02. The van der Waals surface area contributed by atoms with Crippen molar-refractivity contribution in [3.8, 4) is 16.9 Å². The molecule has 2 aromatic rings. The van der Waals surface area contributed by atoms with E-state index >= 15 is 0 Å². The average molecular weight is 303 g/mol. The minimum Gasteiger partial charge on any atom is -0.497 e. The number of carbonyl (C=O) groups is 1. The molecule has 0 heterocycles. The lowest BCUT2D eigenvalue weighted by Gasteiger charge is -2.06. The van der Waals surface area contributed by atoms with Crippen molar-refractivity contribution in [3.05, 3.63) is 54.1 Å². The van der Waals surface area contributed by atoms with Crippen LogP contribution in [-0.2, 0) is 21.3 Å². The lowest BCUT2D eigenvalue weighted by molar-refractivity contribution is -0.115. The summed E-state index contributed by atoms with van der Waals surface area (Å²) < 4.78 is 16.9. The molecule has 0 fully saturated rings. The predicted molar refractivity (Wildman–Crippen MR) is 84.3 cm³/mol. The molecule has 0 aliphatic heterocycles. The number of carbonyl (C=O) groups excluding carboxylic acids is 1. The minimum absolute atomic E-state index is 0.104. The van der Waals surface area contributed by atoms with Gasteiger partial charge in [-0.25, -0.2) is 0 Å². The smallest absolute Gasteiger partial charge is 0.230 e. The van der Waals surface area contributed by atoms with Gasteiger partial charge in [0.1, 0.15) is 11.5 Å². The fourth-order valence-corrected chi connectivity index (χ4v) is 2.99. The number of hydrogen-bond acceptors (Lipinski definition) is 3. The van der Waals surface area contributed by atoms with Crippen molar-refractivity contribution in [3.63, 3.8) is 0 Å². The van der Waals surface area contributed by atoms with Crippen LogP contribution in [0.25, 0.3) is 11.1 Å². The van der Waals surface area contributed by atoms with Crippen molar-refractivity contribution in [2.45, 2.75) is 5.75 Å². The first-order valence-corrected chi connectivity index (χ1v) is 7.94. The molecule has 110 valence electrons. The molecule has 0 aromatic heterocycles. The van der Waals surface area contributed by atoms with Gasteiger partial charge in [0.05, 0.1) is 7.11 Å². The number of benzene rings is 2. The van der Waals surface area contributed by atoms with Crippen molar-refractivity contribution < 1.29 is 13.7 Å². The van der Waals surface area contributed by atoms with Crippen molar-refractivity contribution in [1.29, 1.82) is 0 Å². The molecule has 2 rings (SSSR count). The summed E-state index contributed by atoms with van der Waals surface area (Å²) in [6, 6.07) is 15.5. The molecule has 1 amide bonds. The van der Waals surface area contributed by atoms with E-state index in [-0.39, 0.29) is 5.75 Å². The Bertz CT molecular complexity index is 653. The summed E-state index contributed by atoms with van der Waals surface area (Å²) in [4.78, 5) is 10.8. The van der Waals surface area contributed by atoms with Gasteiger partial charge in [-0.2, -0.15) is 0 Å². The molecule has 0 aliphatic rings. The lowest BCUT2D eigenvalue weighted by Crippen LogP contribution is -2.20. The molecule has 0 saturated carbocycles. The van der Waals surface area contributed by atoms with Crippen LogP contribution in [0.2, 0.25) is 0 Å². The van der Waals surface area contributed by atoms with Crippen LogP contribution in [0.4, 0.5) is 0 Å². The first kappa shape index (κ1) is 15.3. The highest BCUT2D eigenvalue weighted by molar-refractivity contribution is 7.84. The van der Waals surface area contributed by atoms with Gasteiger partial charge in [-0.1, -0.05) is 36.4 Å². The van der Waals surface area contributed by atoms with Crippen LogP contribution in [0, 0.1) is 0 Å². The van der Waals surface area contributed by atoms with Gasteiger partial charge in [0.25, 0.3) is 0 Å². The Morgan fingerprint density at radius 2 is 1.86 bits per heavy atom. The molecule has 0 spiro atoms. The van der Waals surface area contributed by atoms with Crippen LogP contribution in [-0.4, -0.2) is 23.0 Å². The van der Waals surface area contributed by atoms with Crippen molar-refractivity contribution in [1.82, 2.24) is 0 Å². The van der Waals surface area contributed by atoms with Crippen LogP contribution < -0.4 is 10.5 Å². The minimum atomic E-state index is -1.27. The highest BCUT2D eigenvalue weighted by Gasteiger charge is 2.07. The molecule has 1 unspecified atom stereocenters. The van der Waals surface area contributed by atoms with Crippen LogP contribution in [0.3, 0.4) is 0 Å². The van der Waals surface area contributed by atoms with Crippen molar-refractivity contribution >= 4 is 16.7 Å². The van der Waals surface area contributed by atoms with E-state index in [0.29, 0.717) is 5.75 Å². The number of rotatable bonds is 6. The molecule has 5 heteroatoms. The van der Waals surface area contributed by atoms with Crippen molar-refractivity contribution in [2.75, 3.05) is 12.9 Å². The molecule has 2 N–H and O–H groups in total. The summed E-state index contributed by atoms with van der Waals surface area (Å²) in [6.45, 7) is 0. The van der Waals surface area contributed by atoms with Crippen molar-refractivity contribution in [2.24, 2.45) is 5.73 Å². The maximum absolute atomic E-state index is 11.7. The summed E-state index contributed by atoms with van der Waals surface area (Å²) in [5.41, 5.74) is 8.06. The maximum atomic E-state index is 11.7. The molecule has 0 bridgehead atoms. The Labute approximate surface area is 126 Å². The Morgan fingerprint density at radius 1 is 1.14 bits per heavy atom. The average Bonchev–Trinajstić information content (AvgIpc) is 2.46. The molecule has 0 aliphatic carbocycles. The van der Waals surface area contributed by atoms with E-state index in [0.717, 1.165) is 22.4 Å². The number of amides is 1. The molecule has 0 radical (unpaired) electrons. The molecule has 0 saturated heterocycles. The Kier molecular flexibility index (Phi) is 5.11. The monoisotopic (exact) mass is 303 g/mol. The van der Waals surface area contributed by atoms with Gasteiger partial charge >= 0.3 is 0 Å². The number of primary amides is 1. The summed E-state index contributed by atoms with van der Waals surface area (Å²) >= 11 is 0. The SMILES string of the molecule is COc1ccc(-c2cccc(CS(=O)CC(N)=O)c2)cc1. The van der Waals surface area contributed by atoms with Gasteiger partial charge in [0, 0.05) is 16.6 Å².